The average Bonchev–Trinajstić information content (AvgIpc) is 3.11. The van der Waals surface area contributed by atoms with E-state index in [9.17, 15) is 9.59 Å². The molecule has 1 aliphatic carbocycles. The quantitative estimate of drug-likeness (QED) is 0.677. The van der Waals surface area contributed by atoms with E-state index in [0.717, 1.165) is 12.8 Å². The average molecular weight is 284 g/mol. The van der Waals surface area contributed by atoms with Crippen molar-refractivity contribution in [3.63, 3.8) is 0 Å². The summed E-state index contributed by atoms with van der Waals surface area (Å²) in [6, 6.07) is -0.900. The van der Waals surface area contributed by atoms with Gasteiger partial charge >= 0.3 is 5.97 Å². The molecule has 1 aromatic rings. The van der Waals surface area contributed by atoms with Crippen LogP contribution in [-0.4, -0.2) is 50.2 Å². The predicted octanol–water partition coefficient (Wildman–Crippen LogP) is 0.618. The van der Waals surface area contributed by atoms with Crippen molar-refractivity contribution in [1.29, 1.82) is 0 Å². The zero-order valence-electron chi connectivity index (χ0n) is 10.5. The molecule has 1 saturated carbocycles. The van der Waals surface area contributed by atoms with E-state index in [-0.39, 0.29) is 5.82 Å². The molecule has 0 aromatic carbocycles. The molecule has 1 heterocycles. The second-order valence-corrected chi connectivity index (χ2v) is 5.45. The summed E-state index contributed by atoms with van der Waals surface area (Å²) in [4.78, 5) is 27.0. The predicted molar refractivity (Wildman–Crippen MR) is 70.2 cm³/mol. The smallest absolute Gasteiger partial charge is 0.326 e. The molecule has 1 aliphatic rings. The first-order chi connectivity index (χ1) is 9.11. The highest BCUT2D eigenvalue weighted by molar-refractivity contribution is 7.98. The number of carboxylic acids is 1. The van der Waals surface area contributed by atoms with Gasteiger partial charge in [-0.1, -0.05) is 0 Å². The molecule has 1 atom stereocenters. The summed E-state index contributed by atoms with van der Waals surface area (Å²) in [6.07, 6.45) is 4.38. The Bertz CT molecular complexity index is 472. The highest BCUT2D eigenvalue weighted by Crippen LogP contribution is 2.37. The van der Waals surface area contributed by atoms with Crippen LogP contribution in [0.15, 0.2) is 0 Å². The molecule has 0 radical (unpaired) electrons. The number of carbonyl (C=O) groups is 2. The lowest BCUT2D eigenvalue weighted by molar-refractivity contribution is -0.139. The molecule has 0 bridgehead atoms. The first-order valence-electron chi connectivity index (χ1n) is 6.06. The maximum Gasteiger partial charge on any atom is 0.326 e. The molecule has 0 spiro atoms. The van der Waals surface area contributed by atoms with Crippen LogP contribution in [-0.2, 0) is 4.79 Å². The monoisotopic (exact) mass is 284 g/mol. The summed E-state index contributed by atoms with van der Waals surface area (Å²) in [7, 11) is 0. The number of nitrogens with zero attached hydrogens (tertiary/aromatic N) is 2. The molecule has 104 valence electrons. The van der Waals surface area contributed by atoms with E-state index in [0.29, 0.717) is 23.9 Å². The summed E-state index contributed by atoms with van der Waals surface area (Å²) in [6.45, 7) is 0. The number of aromatic amines is 1. The number of H-pyrrole nitrogens is 1. The fourth-order valence-corrected chi connectivity index (χ4v) is 2.10. The topological polar surface area (TPSA) is 108 Å². The molecule has 1 amide bonds. The van der Waals surface area contributed by atoms with E-state index in [4.69, 9.17) is 5.11 Å². The molecular weight excluding hydrogens is 268 g/mol. The third kappa shape index (κ3) is 3.69. The second-order valence-electron chi connectivity index (χ2n) is 4.46. The van der Waals surface area contributed by atoms with E-state index < -0.39 is 17.9 Å². The zero-order chi connectivity index (χ0) is 13.8. The molecule has 2 rings (SSSR count). The van der Waals surface area contributed by atoms with Crippen LogP contribution in [0.4, 0.5) is 0 Å². The molecule has 1 fully saturated rings. The number of hydrogen-bond acceptors (Lipinski definition) is 5. The van der Waals surface area contributed by atoms with Gasteiger partial charge in [0.15, 0.2) is 0 Å². The number of carbonyl (C=O) groups excluding carboxylic acids is 1. The van der Waals surface area contributed by atoms with Gasteiger partial charge in [0.05, 0.1) is 0 Å². The Kier molecular flexibility index (Phi) is 4.41. The number of carboxylic acid groups (broad SMARTS) is 1. The van der Waals surface area contributed by atoms with Crippen LogP contribution in [0.3, 0.4) is 0 Å². The zero-order valence-corrected chi connectivity index (χ0v) is 11.4. The van der Waals surface area contributed by atoms with Crippen LogP contribution < -0.4 is 5.32 Å². The molecule has 8 heteroatoms. The van der Waals surface area contributed by atoms with Gasteiger partial charge in [-0.05, 0) is 31.3 Å². The van der Waals surface area contributed by atoms with E-state index >= 15 is 0 Å². The second kappa shape index (κ2) is 6.05. The van der Waals surface area contributed by atoms with E-state index in [1.54, 1.807) is 0 Å². The van der Waals surface area contributed by atoms with E-state index in [1.165, 1.54) is 11.8 Å². The lowest BCUT2D eigenvalue weighted by Crippen LogP contribution is -2.41. The number of hydrogen-bond donors (Lipinski definition) is 3. The molecule has 0 aliphatic heterocycles. The van der Waals surface area contributed by atoms with Crippen molar-refractivity contribution in [3.8, 4) is 0 Å². The third-order valence-electron chi connectivity index (χ3n) is 2.88. The SMILES string of the molecule is CSCC[C@@H](NC(=O)c1n[nH]c(C2CC2)n1)C(=O)O. The molecule has 0 saturated heterocycles. The van der Waals surface area contributed by atoms with Gasteiger partial charge in [0.1, 0.15) is 11.9 Å². The first-order valence-corrected chi connectivity index (χ1v) is 7.46. The van der Waals surface area contributed by atoms with Crippen molar-refractivity contribution < 1.29 is 14.7 Å². The van der Waals surface area contributed by atoms with Crippen LogP contribution in [0.5, 0.6) is 0 Å². The number of amides is 1. The fourth-order valence-electron chi connectivity index (χ4n) is 1.63. The van der Waals surface area contributed by atoms with Crippen molar-refractivity contribution in [2.45, 2.75) is 31.2 Å². The van der Waals surface area contributed by atoms with Crippen LogP contribution in [0.1, 0.15) is 41.6 Å². The Balaban J connectivity index is 1.94. The molecule has 0 unspecified atom stereocenters. The maximum atomic E-state index is 11.9. The number of nitrogens with one attached hydrogen (secondary N) is 2. The Hall–Kier alpha value is -1.57. The van der Waals surface area contributed by atoms with Crippen LogP contribution >= 0.6 is 11.8 Å². The minimum absolute atomic E-state index is 0.0114. The Morgan fingerprint density at radius 2 is 2.32 bits per heavy atom. The lowest BCUT2D eigenvalue weighted by Gasteiger charge is -2.12. The van der Waals surface area contributed by atoms with Gasteiger partial charge in [-0.15, -0.1) is 5.10 Å². The summed E-state index contributed by atoms with van der Waals surface area (Å²) < 4.78 is 0. The molecule has 1 aromatic heterocycles. The normalized spacial score (nSPS) is 16.1. The number of rotatable bonds is 7. The van der Waals surface area contributed by atoms with Gasteiger partial charge in [-0.2, -0.15) is 11.8 Å². The number of thioether (sulfide) groups is 1. The van der Waals surface area contributed by atoms with Crippen molar-refractivity contribution in [2.24, 2.45) is 0 Å². The third-order valence-corrected chi connectivity index (χ3v) is 3.53. The summed E-state index contributed by atoms with van der Waals surface area (Å²) in [5, 5.41) is 18.0. The van der Waals surface area contributed by atoms with Crippen LogP contribution in [0, 0.1) is 0 Å². The van der Waals surface area contributed by atoms with Crippen molar-refractivity contribution in [3.05, 3.63) is 11.6 Å². The van der Waals surface area contributed by atoms with Gasteiger partial charge in [0.25, 0.3) is 5.91 Å². The maximum absolute atomic E-state index is 11.9. The molecular formula is C11H16N4O3S. The number of aromatic nitrogens is 3. The molecule has 19 heavy (non-hydrogen) atoms. The standard InChI is InChI=1S/C11H16N4O3S/c1-19-5-4-7(11(17)18)12-10(16)9-13-8(14-15-9)6-2-3-6/h6-7H,2-5H2,1H3,(H,12,16)(H,17,18)(H,13,14,15)/t7-/m1/s1. The van der Waals surface area contributed by atoms with Gasteiger partial charge in [0, 0.05) is 5.92 Å². The Morgan fingerprint density at radius 3 is 2.89 bits per heavy atom. The minimum atomic E-state index is -1.04. The van der Waals surface area contributed by atoms with Crippen molar-refractivity contribution in [2.75, 3.05) is 12.0 Å². The van der Waals surface area contributed by atoms with Crippen molar-refractivity contribution >= 4 is 23.6 Å². The summed E-state index contributed by atoms with van der Waals surface area (Å²) in [5.74, 6) is 0.176. The first kappa shape index (κ1) is 13.9. The van der Waals surface area contributed by atoms with Crippen molar-refractivity contribution in [1.82, 2.24) is 20.5 Å². The van der Waals surface area contributed by atoms with Gasteiger partial charge in [-0.3, -0.25) is 9.89 Å². The summed E-state index contributed by atoms with van der Waals surface area (Å²) >= 11 is 1.53. The van der Waals surface area contributed by atoms with E-state index in [2.05, 4.69) is 20.5 Å². The van der Waals surface area contributed by atoms with Gasteiger partial charge in [-0.25, -0.2) is 9.78 Å². The largest absolute Gasteiger partial charge is 0.480 e. The minimum Gasteiger partial charge on any atom is -0.480 e. The fraction of sp³-hybridized carbons (Fsp3) is 0.636. The van der Waals surface area contributed by atoms with Crippen LogP contribution in [0.2, 0.25) is 0 Å². The van der Waals surface area contributed by atoms with Gasteiger partial charge < -0.3 is 10.4 Å². The number of aliphatic carboxylic acids is 1. The Labute approximate surface area is 114 Å². The molecule has 3 N–H and O–H groups in total. The van der Waals surface area contributed by atoms with Crippen LogP contribution in [0.25, 0.3) is 0 Å². The Morgan fingerprint density at radius 1 is 1.58 bits per heavy atom. The highest BCUT2D eigenvalue weighted by atomic mass is 32.2. The lowest BCUT2D eigenvalue weighted by atomic mass is 10.2. The van der Waals surface area contributed by atoms with E-state index in [1.807, 2.05) is 6.26 Å². The highest BCUT2D eigenvalue weighted by Gasteiger charge is 2.29. The summed E-state index contributed by atoms with van der Waals surface area (Å²) in [5.41, 5.74) is 0. The van der Waals surface area contributed by atoms with Gasteiger partial charge in [0.2, 0.25) is 5.82 Å². The molecule has 7 nitrogen and oxygen atoms in total.